The van der Waals surface area contributed by atoms with Crippen molar-refractivity contribution in [3.8, 4) is 0 Å². The lowest BCUT2D eigenvalue weighted by molar-refractivity contribution is 0.0167. The molecule has 3 nitrogen and oxygen atoms in total. The first-order valence-electron chi connectivity index (χ1n) is 5.69. The number of ether oxygens (including phenoxy) is 1. The van der Waals surface area contributed by atoms with Gasteiger partial charge in [-0.1, -0.05) is 6.92 Å². The van der Waals surface area contributed by atoms with Crippen molar-refractivity contribution in [2.45, 2.75) is 45.6 Å². The first-order valence-corrected chi connectivity index (χ1v) is 5.69. The third-order valence-electron chi connectivity index (χ3n) is 2.58. The van der Waals surface area contributed by atoms with Crippen LogP contribution in [0.2, 0.25) is 0 Å². The molecule has 0 aromatic rings. The van der Waals surface area contributed by atoms with E-state index in [0.717, 1.165) is 25.9 Å². The van der Waals surface area contributed by atoms with Crippen LogP contribution in [-0.4, -0.2) is 29.7 Å². The van der Waals surface area contributed by atoms with Gasteiger partial charge in [-0.2, -0.15) is 0 Å². The van der Waals surface area contributed by atoms with Crippen molar-refractivity contribution in [3.05, 3.63) is 6.92 Å². The standard InChI is InChI=1S/C12H22NO2/c1-5-10-7-6-8-13(9-10)11(14)15-12(2,3)4/h10H,1,5-9H2,2-4H3. The van der Waals surface area contributed by atoms with E-state index < -0.39 is 5.60 Å². The van der Waals surface area contributed by atoms with Crippen LogP contribution in [0.15, 0.2) is 0 Å². The highest BCUT2D eigenvalue weighted by Gasteiger charge is 2.26. The smallest absolute Gasteiger partial charge is 0.410 e. The van der Waals surface area contributed by atoms with Gasteiger partial charge < -0.3 is 9.64 Å². The molecule has 1 aliphatic rings. The number of nitrogens with zero attached hydrogens (tertiary/aromatic N) is 1. The third kappa shape index (κ3) is 4.10. The summed E-state index contributed by atoms with van der Waals surface area (Å²) in [4.78, 5) is 13.6. The molecule has 0 aliphatic carbocycles. The molecular formula is C12H22NO2. The topological polar surface area (TPSA) is 29.5 Å². The molecule has 1 saturated heterocycles. The summed E-state index contributed by atoms with van der Waals surface area (Å²) in [6.07, 6.45) is 2.97. The summed E-state index contributed by atoms with van der Waals surface area (Å²) < 4.78 is 5.34. The Morgan fingerprint density at radius 1 is 1.53 bits per heavy atom. The second-order valence-electron chi connectivity index (χ2n) is 5.22. The Labute approximate surface area is 92.8 Å². The zero-order valence-corrected chi connectivity index (χ0v) is 10.1. The van der Waals surface area contributed by atoms with Crippen molar-refractivity contribution in [1.29, 1.82) is 0 Å². The van der Waals surface area contributed by atoms with Crippen molar-refractivity contribution in [2.75, 3.05) is 13.1 Å². The predicted molar refractivity (Wildman–Crippen MR) is 60.5 cm³/mol. The average Bonchev–Trinajstić information content (AvgIpc) is 2.15. The normalized spacial score (nSPS) is 22.7. The maximum Gasteiger partial charge on any atom is 0.410 e. The molecule has 1 aliphatic heterocycles. The van der Waals surface area contributed by atoms with Crippen molar-refractivity contribution in [2.24, 2.45) is 5.92 Å². The molecule has 1 heterocycles. The lowest BCUT2D eigenvalue weighted by atomic mass is 9.96. The summed E-state index contributed by atoms with van der Waals surface area (Å²) in [7, 11) is 0. The van der Waals surface area contributed by atoms with Gasteiger partial charge in [0.15, 0.2) is 0 Å². The Morgan fingerprint density at radius 2 is 2.20 bits per heavy atom. The van der Waals surface area contributed by atoms with E-state index in [2.05, 4.69) is 6.92 Å². The molecule has 87 valence electrons. The SMILES string of the molecule is [CH2]CC1CCCN(C(=O)OC(C)(C)C)C1. The zero-order valence-electron chi connectivity index (χ0n) is 10.1. The van der Waals surface area contributed by atoms with E-state index in [-0.39, 0.29) is 6.09 Å². The fraction of sp³-hybridized carbons (Fsp3) is 0.833. The Hall–Kier alpha value is -0.730. The molecule has 1 atom stereocenters. The summed E-state index contributed by atoms with van der Waals surface area (Å²) in [5.41, 5.74) is -0.394. The summed E-state index contributed by atoms with van der Waals surface area (Å²) in [5.74, 6) is 0.547. The van der Waals surface area contributed by atoms with Crippen molar-refractivity contribution >= 4 is 6.09 Å². The minimum Gasteiger partial charge on any atom is -0.444 e. The van der Waals surface area contributed by atoms with E-state index in [4.69, 9.17) is 4.74 Å². The molecule has 1 radical (unpaired) electrons. The number of hydrogen-bond donors (Lipinski definition) is 0. The lowest BCUT2D eigenvalue weighted by Gasteiger charge is -2.33. The lowest BCUT2D eigenvalue weighted by Crippen LogP contribution is -2.42. The van der Waals surface area contributed by atoms with Gasteiger partial charge in [0.25, 0.3) is 0 Å². The van der Waals surface area contributed by atoms with Crippen LogP contribution in [0, 0.1) is 12.8 Å². The van der Waals surface area contributed by atoms with Crippen LogP contribution in [0.4, 0.5) is 4.79 Å². The van der Waals surface area contributed by atoms with E-state index >= 15 is 0 Å². The Morgan fingerprint density at radius 3 is 2.73 bits per heavy atom. The van der Waals surface area contributed by atoms with Gasteiger partial charge in [0.05, 0.1) is 0 Å². The number of rotatable bonds is 1. The van der Waals surface area contributed by atoms with Gasteiger partial charge in [-0.15, -0.1) is 0 Å². The van der Waals surface area contributed by atoms with Crippen molar-refractivity contribution in [3.63, 3.8) is 0 Å². The summed E-state index contributed by atoms with van der Waals surface area (Å²) >= 11 is 0. The monoisotopic (exact) mass is 212 g/mol. The van der Waals surface area contributed by atoms with Gasteiger partial charge >= 0.3 is 6.09 Å². The largest absolute Gasteiger partial charge is 0.444 e. The molecule has 0 spiro atoms. The summed E-state index contributed by atoms with van der Waals surface area (Å²) in [6.45, 7) is 11.2. The minimum atomic E-state index is -0.394. The van der Waals surface area contributed by atoms with Crippen molar-refractivity contribution < 1.29 is 9.53 Å². The van der Waals surface area contributed by atoms with Gasteiger partial charge in [-0.3, -0.25) is 0 Å². The number of carbonyl (C=O) groups excluding carboxylic acids is 1. The fourth-order valence-corrected chi connectivity index (χ4v) is 1.79. The number of hydrogen-bond acceptors (Lipinski definition) is 2. The van der Waals surface area contributed by atoms with Gasteiger partial charge in [0.1, 0.15) is 5.60 Å². The van der Waals surface area contributed by atoms with Crippen LogP contribution in [0.5, 0.6) is 0 Å². The second kappa shape index (κ2) is 4.86. The Balaban J connectivity index is 2.45. The number of carbonyl (C=O) groups is 1. The molecule has 1 fully saturated rings. The molecule has 0 saturated carbocycles. The average molecular weight is 212 g/mol. The highest BCUT2D eigenvalue weighted by Crippen LogP contribution is 2.20. The van der Waals surface area contributed by atoms with Crippen LogP contribution >= 0.6 is 0 Å². The van der Waals surface area contributed by atoms with Gasteiger partial charge in [0.2, 0.25) is 0 Å². The molecule has 0 bridgehead atoms. The highest BCUT2D eigenvalue weighted by molar-refractivity contribution is 5.68. The van der Waals surface area contributed by atoms with Crippen LogP contribution in [-0.2, 0) is 4.74 Å². The van der Waals surface area contributed by atoms with E-state index in [1.165, 1.54) is 6.42 Å². The third-order valence-corrected chi connectivity index (χ3v) is 2.58. The molecule has 0 N–H and O–H groups in total. The summed E-state index contributed by atoms with van der Waals surface area (Å²) in [5, 5.41) is 0. The number of amides is 1. The Bertz CT molecular complexity index is 220. The fourth-order valence-electron chi connectivity index (χ4n) is 1.79. The Kier molecular flexibility index (Phi) is 4.00. The minimum absolute atomic E-state index is 0.180. The maximum absolute atomic E-state index is 11.8. The van der Waals surface area contributed by atoms with E-state index in [1.807, 2.05) is 25.7 Å². The van der Waals surface area contributed by atoms with Crippen LogP contribution in [0.3, 0.4) is 0 Å². The van der Waals surface area contributed by atoms with Gasteiger partial charge in [-0.25, -0.2) is 4.79 Å². The molecular weight excluding hydrogens is 190 g/mol. The van der Waals surface area contributed by atoms with Gasteiger partial charge in [-0.05, 0) is 46.0 Å². The zero-order chi connectivity index (χ0) is 11.5. The first-order chi connectivity index (χ1) is 6.92. The molecule has 1 unspecified atom stereocenters. The molecule has 0 aromatic carbocycles. The second-order valence-corrected chi connectivity index (χ2v) is 5.22. The van der Waals surface area contributed by atoms with Crippen LogP contribution < -0.4 is 0 Å². The van der Waals surface area contributed by atoms with Crippen molar-refractivity contribution in [1.82, 2.24) is 4.90 Å². The number of piperidine rings is 1. The quantitative estimate of drug-likeness (QED) is 0.669. The highest BCUT2D eigenvalue weighted by atomic mass is 16.6. The maximum atomic E-state index is 11.8. The number of likely N-dealkylation sites (tertiary alicyclic amines) is 1. The van der Waals surface area contributed by atoms with E-state index in [1.54, 1.807) is 0 Å². The summed E-state index contributed by atoms with van der Waals surface area (Å²) in [6, 6.07) is 0. The van der Waals surface area contributed by atoms with Crippen LogP contribution in [0.25, 0.3) is 0 Å². The predicted octanol–water partition coefficient (Wildman–Crippen LogP) is 2.86. The molecule has 1 rings (SSSR count). The molecule has 3 heteroatoms. The molecule has 15 heavy (non-hydrogen) atoms. The van der Waals surface area contributed by atoms with E-state index in [9.17, 15) is 4.79 Å². The van der Waals surface area contributed by atoms with E-state index in [0.29, 0.717) is 5.92 Å². The molecule has 0 aromatic heterocycles. The molecule has 1 amide bonds. The van der Waals surface area contributed by atoms with Gasteiger partial charge in [0, 0.05) is 13.1 Å². The first kappa shape index (κ1) is 12.3. The van der Waals surface area contributed by atoms with Crippen LogP contribution in [0.1, 0.15) is 40.0 Å².